The molecule has 0 radical (unpaired) electrons. The number of likely N-dealkylation sites (N-methyl/N-ethyl adjacent to an activating group) is 1. The van der Waals surface area contributed by atoms with E-state index in [4.69, 9.17) is 9.47 Å². The van der Waals surface area contributed by atoms with Gasteiger partial charge in [0.05, 0.1) is 6.10 Å². The molecule has 2 aromatic rings. The van der Waals surface area contributed by atoms with E-state index in [1.807, 2.05) is 25.2 Å². The van der Waals surface area contributed by atoms with Crippen molar-refractivity contribution in [2.24, 2.45) is 11.8 Å². The van der Waals surface area contributed by atoms with Crippen LogP contribution >= 0.6 is 0 Å². The van der Waals surface area contributed by atoms with E-state index in [1.54, 1.807) is 7.11 Å². The minimum Gasteiger partial charge on any atom is -0.385 e. The van der Waals surface area contributed by atoms with Crippen LogP contribution in [0.4, 0.5) is 11.4 Å². The molecule has 1 aliphatic carbocycles. The summed E-state index contributed by atoms with van der Waals surface area (Å²) in [6, 6.07) is 10.5. The Morgan fingerprint density at radius 3 is 2.51 bits per heavy atom. The standard InChI is InChI=1S/C30H45N3O4/c1-31-20-25(19-22-11-5-3-6-12-22)32-26-27(29(35)28(26)34)33-16-9-15-24(21-33)30(37-18-10-17-36-2)23-13-7-4-8-14-23/h4,7-8,13-14,22,24-25,30-32H,3,5-6,9-12,15-21H2,1-2H3/t24-,25+,30+/m1/s1. The van der Waals surface area contributed by atoms with Crippen LogP contribution in [0.25, 0.3) is 0 Å². The van der Waals surface area contributed by atoms with Crippen LogP contribution in [0.15, 0.2) is 39.9 Å². The molecule has 37 heavy (non-hydrogen) atoms. The lowest BCUT2D eigenvalue weighted by Crippen LogP contribution is -2.49. The second kappa shape index (κ2) is 14.1. The van der Waals surface area contributed by atoms with Gasteiger partial charge in [0, 0.05) is 51.9 Å². The molecule has 2 fully saturated rings. The zero-order valence-electron chi connectivity index (χ0n) is 22.7. The third-order valence-corrected chi connectivity index (χ3v) is 8.15. The maximum Gasteiger partial charge on any atom is 0.253 e. The van der Waals surface area contributed by atoms with Gasteiger partial charge in [-0.15, -0.1) is 0 Å². The molecule has 3 atom stereocenters. The average molecular weight is 512 g/mol. The molecule has 1 aliphatic heterocycles. The highest BCUT2D eigenvalue weighted by molar-refractivity contribution is 5.75. The first-order chi connectivity index (χ1) is 18.1. The monoisotopic (exact) mass is 511 g/mol. The van der Waals surface area contributed by atoms with E-state index in [0.29, 0.717) is 37.1 Å². The number of piperidine rings is 1. The molecule has 7 heteroatoms. The lowest BCUT2D eigenvalue weighted by Gasteiger charge is -2.39. The smallest absolute Gasteiger partial charge is 0.253 e. The summed E-state index contributed by atoms with van der Waals surface area (Å²) in [5.41, 5.74) is 1.57. The molecule has 0 unspecified atom stereocenters. The molecular formula is C30H45N3O4. The van der Waals surface area contributed by atoms with E-state index in [0.717, 1.165) is 44.3 Å². The first-order valence-electron chi connectivity index (χ1n) is 14.3. The summed E-state index contributed by atoms with van der Waals surface area (Å²) in [7, 11) is 3.66. The maximum atomic E-state index is 12.8. The van der Waals surface area contributed by atoms with Crippen LogP contribution in [0, 0.1) is 11.8 Å². The quantitative estimate of drug-likeness (QED) is 0.290. The summed E-state index contributed by atoms with van der Waals surface area (Å²) >= 11 is 0. The molecule has 0 bridgehead atoms. The van der Waals surface area contributed by atoms with Crippen LogP contribution in [0.3, 0.4) is 0 Å². The average Bonchev–Trinajstić information content (AvgIpc) is 2.94. The van der Waals surface area contributed by atoms with Crippen molar-refractivity contribution in [1.29, 1.82) is 0 Å². The van der Waals surface area contributed by atoms with Crippen LogP contribution in [0.2, 0.25) is 0 Å². The van der Waals surface area contributed by atoms with E-state index in [9.17, 15) is 9.59 Å². The van der Waals surface area contributed by atoms with Crippen molar-refractivity contribution >= 4 is 11.4 Å². The van der Waals surface area contributed by atoms with E-state index in [2.05, 4.69) is 27.7 Å². The Morgan fingerprint density at radius 2 is 1.78 bits per heavy atom. The fraction of sp³-hybridized carbons (Fsp3) is 0.667. The molecule has 1 saturated carbocycles. The van der Waals surface area contributed by atoms with Crippen molar-refractivity contribution in [3.63, 3.8) is 0 Å². The lowest BCUT2D eigenvalue weighted by atomic mass is 9.84. The molecule has 7 nitrogen and oxygen atoms in total. The Hall–Kier alpha value is -2.22. The Balaban J connectivity index is 1.47. The predicted octanol–water partition coefficient (Wildman–Crippen LogP) is 4.26. The van der Waals surface area contributed by atoms with Crippen molar-refractivity contribution in [1.82, 2.24) is 5.32 Å². The lowest BCUT2D eigenvalue weighted by molar-refractivity contribution is -0.00235. The van der Waals surface area contributed by atoms with E-state index < -0.39 is 0 Å². The number of rotatable bonds is 14. The van der Waals surface area contributed by atoms with Gasteiger partial charge in [0.2, 0.25) is 0 Å². The fourth-order valence-corrected chi connectivity index (χ4v) is 6.31. The molecule has 4 rings (SSSR count). The molecule has 0 spiro atoms. The Bertz CT molecular complexity index is 1010. The van der Waals surface area contributed by atoms with Crippen LogP contribution in [-0.4, -0.2) is 53.0 Å². The normalized spacial score (nSPS) is 20.7. The summed E-state index contributed by atoms with van der Waals surface area (Å²) in [6.07, 6.45) is 10.3. The van der Waals surface area contributed by atoms with Crippen LogP contribution in [-0.2, 0) is 9.47 Å². The highest BCUT2D eigenvalue weighted by Gasteiger charge is 2.34. The van der Waals surface area contributed by atoms with Gasteiger partial charge in [0.15, 0.2) is 0 Å². The number of anilines is 2. The molecule has 2 aromatic carbocycles. The minimum atomic E-state index is -0.364. The summed E-state index contributed by atoms with van der Waals surface area (Å²) in [4.78, 5) is 27.7. The molecule has 204 valence electrons. The first-order valence-corrected chi connectivity index (χ1v) is 14.3. The summed E-state index contributed by atoms with van der Waals surface area (Å²) in [5.74, 6) is 0.932. The number of benzene rings is 1. The Morgan fingerprint density at radius 1 is 1.00 bits per heavy atom. The highest BCUT2D eigenvalue weighted by Crippen LogP contribution is 2.36. The number of ether oxygens (including phenoxy) is 2. The number of hydrogen-bond donors (Lipinski definition) is 2. The van der Waals surface area contributed by atoms with Gasteiger partial charge in [-0.2, -0.15) is 0 Å². The van der Waals surface area contributed by atoms with E-state index >= 15 is 0 Å². The van der Waals surface area contributed by atoms with Gasteiger partial charge in [-0.1, -0.05) is 62.4 Å². The number of nitrogens with one attached hydrogen (secondary N) is 2. The summed E-state index contributed by atoms with van der Waals surface area (Å²) in [5, 5.41) is 6.79. The third kappa shape index (κ3) is 7.21. The van der Waals surface area contributed by atoms with Gasteiger partial charge in [-0.05, 0) is 44.2 Å². The molecular weight excluding hydrogens is 466 g/mol. The Labute approximate surface area is 221 Å². The van der Waals surface area contributed by atoms with Crippen molar-refractivity contribution in [2.75, 3.05) is 57.2 Å². The van der Waals surface area contributed by atoms with Crippen molar-refractivity contribution in [3.05, 3.63) is 56.3 Å². The second-order valence-corrected chi connectivity index (χ2v) is 10.9. The summed E-state index contributed by atoms with van der Waals surface area (Å²) < 4.78 is 11.6. The van der Waals surface area contributed by atoms with Gasteiger partial charge in [0.1, 0.15) is 11.4 Å². The molecule has 1 heterocycles. The van der Waals surface area contributed by atoms with Crippen molar-refractivity contribution in [2.45, 2.75) is 69.9 Å². The predicted molar refractivity (Wildman–Crippen MR) is 150 cm³/mol. The molecule has 0 aromatic heterocycles. The van der Waals surface area contributed by atoms with Gasteiger partial charge in [-0.3, -0.25) is 9.59 Å². The first kappa shape index (κ1) is 27.8. The number of hydrogen-bond acceptors (Lipinski definition) is 7. The molecule has 1 saturated heterocycles. The van der Waals surface area contributed by atoms with E-state index in [-0.39, 0.29) is 28.9 Å². The fourth-order valence-electron chi connectivity index (χ4n) is 6.31. The van der Waals surface area contributed by atoms with Crippen molar-refractivity contribution in [3.8, 4) is 0 Å². The van der Waals surface area contributed by atoms with Gasteiger partial charge in [0.25, 0.3) is 10.9 Å². The largest absolute Gasteiger partial charge is 0.385 e. The second-order valence-electron chi connectivity index (χ2n) is 10.9. The van der Waals surface area contributed by atoms with Crippen LogP contribution < -0.4 is 26.4 Å². The van der Waals surface area contributed by atoms with Gasteiger partial charge >= 0.3 is 0 Å². The third-order valence-electron chi connectivity index (χ3n) is 8.15. The Kier molecular flexibility index (Phi) is 10.6. The SMILES string of the molecule is CNC[C@H](CC1CCCCC1)Nc1c(N2CCC[C@@H]([C@@H](OCCCOC)c3ccccc3)C2)c(=O)c1=O. The minimum absolute atomic E-state index is 0.0490. The van der Waals surface area contributed by atoms with Gasteiger partial charge < -0.3 is 25.0 Å². The highest BCUT2D eigenvalue weighted by atomic mass is 16.5. The summed E-state index contributed by atoms with van der Waals surface area (Å²) in [6.45, 7) is 3.58. The zero-order valence-corrected chi connectivity index (χ0v) is 22.7. The maximum absolute atomic E-state index is 12.8. The number of nitrogens with zero attached hydrogens (tertiary/aromatic N) is 1. The van der Waals surface area contributed by atoms with E-state index in [1.165, 1.54) is 32.1 Å². The molecule has 2 N–H and O–H groups in total. The van der Waals surface area contributed by atoms with Gasteiger partial charge in [-0.25, -0.2) is 0 Å². The van der Waals surface area contributed by atoms with Crippen LogP contribution in [0.1, 0.15) is 69.5 Å². The number of methoxy groups -OCH3 is 1. The zero-order chi connectivity index (χ0) is 26.0. The topological polar surface area (TPSA) is 79.9 Å². The molecule has 0 amide bonds. The van der Waals surface area contributed by atoms with Crippen molar-refractivity contribution < 1.29 is 9.47 Å². The van der Waals surface area contributed by atoms with Crippen LogP contribution in [0.5, 0.6) is 0 Å². The molecule has 2 aliphatic rings.